The van der Waals surface area contributed by atoms with E-state index in [9.17, 15) is 0 Å². The molecule has 0 unspecified atom stereocenters. The van der Waals surface area contributed by atoms with Gasteiger partial charge in [0.15, 0.2) is 5.82 Å². The highest BCUT2D eigenvalue weighted by Gasteiger charge is 2.17. The minimum absolute atomic E-state index is 0.635. The van der Waals surface area contributed by atoms with Crippen LogP contribution in [-0.4, -0.2) is 39.6 Å². The van der Waals surface area contributed by atoms with E-state index in [2.05, 4.69) is 30.2 Å². The van der Waals surface area contributed by atoms with E-state index in [1.807, 2.05) is 19.1 Å². The van der Waals surface area contributed by atoms with E-state index in [-0.39, 0.29) is 0 Å². The number of nitrogens with zero attached hydrogens (tertiary/aromatic N) is 5. The van der Waals surface area contributed by atoms with Gasteiger partial charge < -0.3 is 10.2 Å². The monoisotopic (exact) mass is 270 g/mol. The maximum absolute atomic E-state index is 4.60. The van der Waals surface area contributed by atoms with Gasteiger partial charge >= 0.3 is 0 Å². The molecule has 0 atom stereocenters. The zero-order valence-electron chi connectivity index (χ0n) is 11.6. The van der Waals surface area contributed by atoms with Gasteiger partial charge in [-0.2, -0.15) is 15.0 Å². The largest absolute Gasteiger partial charge is 0.354 e. The smallest absolute Gasteiger partial charge is 0.230 e. The van der Waals surface area contributed by atoms with Crippen LogP contribution < -0.4 is 10.2 Å². The highest BCUT2D eigenvalue weighted by Crippen LogP contribution is 2.21. The Bertz CT molecular complexity index is 565. The first kappa shape index (κ1) is 12.8. The van der Waals surface area contributed by atoms with Gasteiger partial charge in [0.25, 0.3) is 0 Å². The summed E-state index contributed by atoms with van der Waals surface area (Å²) in [5, 5.41) is 3.18. The summed E-state index contributed by atoms with van der Waals surface area (Å²) in [5.74, 6) is 2.09. The number of hydrogen-bond acceptors (Lipinski definition) is 6. The van der Waals surface area contributed by atoms with Crippen molar-refractivity contribution in [3.63, 3.8) is 0 Å². The number of anilines is 2. The predicted octanol–water partition coefficient (Wildman–Crippen LogP) is 1.97. The molecule has 1 fully saturated rings. The molecule has 6 nitrogen and oxygen atoms in total. The highest BCUT2D eigenvalue weighted by atomic mass is 15.3. The van der Waals surface area contributed by atoms with E-state index in [4.69, 9.17) is 0 Å². The lowest BCUT2D eigenvalue weighted by Gasteiger charge is -2.16. The van der Waals surface area contributed by atoms with Gasteiger partial charge in [-0.25, -0.2) is 0 Å². The van der Waals surface area contributed by atoms with Crippen molar-refractivity contribution in [2.45, 2.75) is 19.8 Å². The predicted molar refractivity (Wildman–Crippen MR) is 78.7 cm³/mol. The van der Waals surface area contributed by atoms with E-state index in [1.165, 1.54) is 12.8 Å². The van der Waals surface area contributed by atoms with Crippen LogP contribution in [0.15, 0.2) is 24.5 Å². The second kappa shape index (κ2) is 5.81. The van der Waals surface area contributed by atoms with Crippen LogP contribution in [0.2, 0.25) is 0 Å². The van der Waals surface area contributed by atoms with Crippen LogP contribution in [0, 0.1) is 0 Å². The van der Waals surface area contributed by atoms with E-state index in [1.54, 1.807) is 12.4 Å². The van der Waals surface area contributed by atoms with Crippen molar-refractivity contribution >= 4 is 11.9 Å². The molecule has 2 aromatic rings. The molecule has 1 saturated heterocycles. The van der Waals surface area contributed by atoms with Crippen molar-refractivity contribution in [2.75, 3.05) is 29.9 Å². The van der Waals surface area contributed by atoms with Gasteiger partial charge in [0.05, 0.1) is 0 Å². The summed E-state index contributed by atoms with van der Waals surface area (Å²) >= 11 is 0. The fourth-order valence-electron chi connectivity index (χ4n) is 2.29. The maximum Gasteiger partial charge on any atom is 0.230 e. The van der Waals surface area contributed by atoms with Gasteiger partial charge in [0, 0.05) is 37.6 Å². The van der Waals surface area contributed by atoms with Crippen LogP contribution in [0.25, 0.3) is 11.4 Å². The molecule has 0 aliphatic carbocycles. The van der Waals surface area contributed by atoms with Crippen LogP contribution in [0.1, 0.15) is 19.8 Å². The van der Waals surface area contributed by atoms with Crippen molar-refractivity contribution in [3.05, 3.63) is 24.5 Å². The summed E-state index contributed by atoms with van der Waals surface area (Å²) in [7, 11) is 0. The minimum Gasteiger partial charge on any atom is -0.354 e. The van der Waals surface area contributed by atoms with Crippen molar-refractivity contribution < 1.29 is 0 Å². The van der Waals surface area contributed by atoms with E-state index < -0.39 is 0 Å². The molecule has 0 radical (unpaired) electrons. The Morgan fingerprint density at radius 1 is 1.10 bits per heavy atom. The fourth-order valence-corrected chi connectivity index (χ4v) is 2.29. The zero-order chi connectivity index (χ0) is 13.8. The lowest BCUT2D eigenvalue weighted by molar-refractivity contribution is 0.881. The van der Waals surface area contributed by atoms with Crippen LogP contribution in [0.3, 0.4) is 0 Å². The zero-order valence-corrected chi connectivity index (χ0v) is 11.6. The Kier molecular flexibility index (Phi) is 3.71. The first-order valence-electron chi connectivity index (χ1n) is 7.02. The van der Waals surface area contributed by atoms with Crippen LogP contribution in [-0.2, 0) is 0 Å². The van der Waals surface area contributed by atoms with Crippen molar-refractivity contribution in [1.82, 2.24) is 19.9 Å². The molecule has 20 heavy (non-hydrogen) atoms. The molecule has 0 saturated carbocycles. The second-order valence-corrected chi connectivity index (χ2v) is 4.74. The second-order valence-electron chi connectivity index (χ2n) is 4.74. The number of hydrogen-bond donors (Lipinski definition) is 1. The molecular formula is C14H18N6. The lowest BCUT2D eigenvalue weighted by atomic mass is 10.2. The van der Waals surface area contributed by atoms with E-state index in [0.29, 0.717) is 11.8 Å². The van der Waals surface area contributed by atoms with Gasteiger partial charge in [-0.3, -0.25) is 4.98 Å². The topological polar surface area (TPSA) is 66.8 Å². The van der Waals surface area contributed by atoms with Crippen LogP contribution >= 0.6 is 0 Å². The normalized spacial score (nSPS) is 14.6. The molecule has 6 heteroatoms. The summed E-state index contributed by atoms with van der Waals surface area (Å²) in [6.45, 7) is 4.86. The van der Waals surface area contributed by atoms with Crippen LogP contribution in [0.5, 0.6) is 0 Å². The third-order valence-electron chi connectivity index (χ3n) is 3.29. The molecular weight excluding hydrogens is 252 g/mol. The third-order valence-corrected chi connectivity index (χ3v) is 3.29. The molecule has 1 N–H and O–H groups in total. The molecule has 3 heterocycles. The Hall–Kier alpha value is -2.24. The summed E-state index contributed by atoms with van der Waals surface area (Å²) in [5.41, 5.74) is 0.960. The van der Waals surface area contributed by atoms with Crippen molar-refractivity contribution in [3.8, 4) is 11.4 Å². The average molecular weight is 270 g/mol. The summed E-state index contributed by atoms with van der Waals surface area (Å²) in [6.07, 6.45) is 5.91. The Morgan fingerprint density at radius 3 is 2.55 bits per heavy atom. The Balaban J connectivity index is 2.00. The number of nitrogens with one attached hydrogen (secondary N) is 1. The molecule has 2 aromatic heterocycles. The quantitative estimate of drug-likeness (QED) is 0.916. The fraction of sp³-hybridized carbons (Fsp3) is 0.429. The molecule has 0 spiro atoms. The Morgan fingerprint density at radius 2 is 1.85 bits per heavy atom. The van der Waals surface area contributed by atoms with Gasteiger partial charge in [-0.15, -0.1) is 0 Å². The lowest BCUT2D eigenvalue weighted by Crippen LogP contribution is -2.22. The van der Waals surface area contributed by atoms with Crippen molar-refractivity contribution in [1.29, 1.82) is 0 Å². The Labute approximate surface area is 118 Å². The number of pyridine rings is 1. The molecule has 0 bridgehead atoms. The molecule has 0 amide bonds. The van der Waals surface area contributed by atoms with Gasteiger partial charge in [-0.05, 0) is 31.9 Å². The van der Waals surface area contributed by atoms with E-state index >= 15 is 0 Å². The third kappa shape index (κ3) is 2.68. The molecule has 1 aliphatic heterocycles. The minimum atomic E-state index is 0.635. The maximum atomic E-state index is 4.60. The van der Waals surface area contributed by atoms with Crippen LogP contribution in [0.4, 0.5) is 11.9 Å². The molecule has 1 aliphatic rings. The van der Waals surface area contributed by atoms with Gasteiger partial charge in [0.1, 0.15) is 0 Å². The summed E-state index contributed by atoms with van der Waals surface area (Å²) in [6, 6.07) is 3.83. The standard InChI is InChI=1S/C14H18N6/c1-2-16-13-17-12(11-5-7-15-8-6-11)18-14(19-13)20-9-3-4-10-20/h5-8H,2-4,9-10H2,1H3,(H,16,17,18,19). The molecule has 104 valence electrons. The summed E-state index contributed by atoms with van der Waals surface area (Å²) < 4.78 is 0. The van der Waals surface area contributed by atoms with Gasteiger partial charge in [0.2, 0.25) is 11.9 Å². The molecule has 0 aromatic carbocycles. The van der Waals surface area contributed by atoms with Gasteiger partial charge in [-0.1, -0.05) is 0 Å². The number of aromatic nitrogens is 4. The average Bonchev–Trinajstić information content (AvgIpc) is 3.02. The number of rotatable bonds is 4. The first-order valence-corrected chi connectivity index (χ1v) is 7.02. The first-order chi connectivity index (χ1) is 9.86. The van der Waals surface area contributed by atoms with Crippen molar-refractivity contribution in [2.24, 2.45) is 0 Å². The molecule has 3 rings (SSSR count). The highest BCUT2D eigenvalue weighted by molar-refractivity contribution is 5.57. The van der Waals surface area contributed by atoms with E-state index in [0.717, 1.165) is 31.1 Å². The summed E-state index contributed by atoms with van der Waals surface area (Å²) in [4.78, 5) is 19.8. The SMILES string of the molecule is CCNc1nc(-c2ccncc2)nc(N2CCCC2)n1.